The molecule has 0 fully saturated rings. The van der Waals surface area contributed by atoms with Gasteiger partial charge in [0.1, 0.15) is 0 Å². The van der Waals surface area contributed by atoms with Gasteiger partial charge in [-0.05, 0) is 6.92 Å². The number of esters is 1. The van der Waals surface area contributed by atoms with E-state index in [0.29, 0.717) is 0 Å². The van der Waals surface area contributed by atoms with E-state index in [1.165, 1.54) is 7.11 Å². The highest BCUT2D eigenvalue weighted by Gasteiger charge is 2.35. The third-order valence-electron chi connectivity index (χ3n) is 2.25. The molecular formula is C9H18O4. The number of carbonyl (C=O) groups is 1. The Morgan fingerprint density at radius 2 is 2.00 bits per heavy atom. The minimum absolute atomic E-state index is 0.171. The lowest BCUT2D eigenvalue weighted by Crippen LogP contribution is -2.41. The monoisotopic (exact) mass is 190 g/mol. The molecule has 0 aliphatic heterocycles. The second kappa shape index (κ2) is 4.58. The fraction of sp³-hybridized carbons (Fsp3) is 0.889. The van der Waals surface area contributed by atoms with Crippen molar-refractivity contribution in [2.75, 3.05) is 13.7 Å². The van der Waals surface area contributed by atoms with Crippen molar-refractivity contribution in [2.24, 2.45) is 11.3 Å². The van der Waals surface area contributed by atoms with Gasteiger partial charge in [0.25, 0.3) is 0 Å². The molecule has 0 rings (SSSR count). The summed E-state index contributed by atoms with van der Waals surface area (Å²) in [7, 11) is 1.28. The fourth-order valence-electron chi connectivity index (χ4n) is 1.09. The quantitative estimate of drug-likeness (QED) is 0.620. The summed E-state index contributed by atoms with van der Waals surface area (Å²) in [4.78, 5) is 11.1. The first kappa shape index (κ1) is 12.4. The summed E-state index contributed by atoms with van der Waals surface area (Å²) in [5, 5.41) is 18.6. The lowest BCUT2D eigenvalue weighted by atomic mass is 9.81. The molecule has 4 nitrogen and oxygen atoms in total. The predicted octanol–water partition coefficient (Wildman–Crippen LogP) is 0.175. The Morgan fingerprint density at radius 3 is 2.31 bits per heavy atom. The first-order valence-electron chi connectivity index (χ1n) is 4.23. The first-order chi connectivity index (χ1) is 5.86. The highest BCUT2D eigenvalue weighted by atomic mass is 16.5. The number of rotatable bonds is 4. The highest BCUT2D eigenvalue weighted by Crippen LogP contribution is 2.25. The molecule has 0 bridgehead atoms. The van der Waals surface area contributed by atoms with Crippen LogP contribution in [-0.4, -0.2) is 36.0 Å². The van der Waals surface area contributed by atoms with Gasteiger partial charge in [0.15, 0.2) is 0 Å². The average Bonchev–Trinajstić information content (AvgIpc) is 2.14. The van der Waals surface area contributed by atoms with Crippen molar-refractivity contribution in [3.63, 3.8) is 0 Å². The van der Waals surface area contributed by atoms with Crippen LogP contribution in [0.3, 0.4) is 0 Å². The van der Waals surface area contributed by atoms with Crippen LogP contribution in [-0.2, 0) is 9.53 Å². The zero-order chi connectivity index (χ0) is 10.6. The van der Waals surface area contributed by atoms with Crippen LogP contribution in [0.4, 0.5) is 0 Å². The summed E-state index contributed by atoms with van der Waals surface area (Å²) >= 11 is 0. The van der Waals surface area contributed by atoms with E-state index in [1.807, 2.05) is 0 Å². The van der Waals surface area contributed by atoms with Gasteiger partial charge < -0.3 is 14.9 Å². The summed E-state index contributed by atoms with van der Waals surface area (Å²) in [5.74, 6) is -1.08. The summed E-state index contributed by atoms with van der Waals surface area (Å²) in [5.41, 5.74) is -0.687. The van der Waals surface area contributed by atoms with E-state index in [4.69, 9.17) is 5.11 Å². The standard InChI is InChI=1S/C9H18O4/c1-6(8(12)13-4)7(11)9(2,3)5-10/h6-7,10-11H,5H2,1-4H3. The van der Waals surface area contributed by atoms with Crippen molar-refractivity contribution >= 4 is 5.97 Å². The molecule has 0 aliphatic rings. The average molecular weight is 190 g/mol. The molecule has 0 heterocycles. The zero-order valence-corrected chi connectivity index (χ0v) is 8.57. The van der Waals surface area contributed by atoms with E-state index in [1.54, 1.807) is 20.8 Å². The fourth-order valence-corrected chi connectivity index (χ4v) is 1.09. The Labute approximate surface area is 78.5 Å². The Hall–Kier alpha value is -0.610. The van der Waals surface area contributed by atoms with Crippen molar-refractivity contribution in [1.29, 1.82) is 0 Å². The number of hydrogen-bond acceptors (Lipinski definition) is 4. The van der Waals surface area contributed by atoms with E-state index < -0.39 is 23.4 Å². The van der Waals surface area contributed by atoms with Gasteiger partial charge in [-0.1, -0.05) is 13.8 Å². The Morgan fingerprint density at radius 1 is 1.54 bits per heavy atom. The number of carbonyl (C=O) groups excluding carboxylic acids is 1. The number of aliphatic hydroxyl groups excluding tert-OH is 2. The zero-order valence-electron chi connectivity index (χ0n) is 8.57. The SMILES string of the molecule is COC(=O)C(C)C(O)C(C)(C)CO. The summed E-state index contributed by atoms with van der Waals surface area (Å²) in [6.45, 7) is 4.79. The second-order valence-corrected chi connectivity index (χ2v) is 3.90. The molecule has 0 aromatic heterocycles. The van der Waals surface area contributed by atoms with Crippen molar-refractivity contribution in [3.8, 4) is 0 Å². The Balaban J connectivity index is 4.41. The Kier molecular flexibility index (Phi) is 4.36. The maximum Gasteiger partial charge on any atom is 0.311 e. The lowest BCUT2D eigenvalue weighted by Gasteiger charge is -2.31. The van der Waals surface area contributed by atoms with Gasteiger partial charge in [-0.3, -0.25) is 4.79 Å². The molecule has 0 amide bonds. The molecule has 0 aliphatic carbocycles. The summed E-state index contributed by atoms with van der Waals surface area (Å²) in [6.07, 6.45) is -0.898. The Bertz CT molecular complexity index is 176. The van der Waals surface area contributed by atoms with E-state index in [0.717, 1.165) is 0 Å². The molecule has 0 aromatic rings. The lowest BCUT2D eigenvalue weighted by molar-refractivity contribution is -0.152. The maximum absolute atomic E-state index is 11.1. The van der Waals surface area contributed by atoms with Gasteiger partial charge in [-0.15, -0.1) is 0 Å². The van der Waals surface area contributed by atoms with Crippen molar-refractivity contribution < 1.29 is 19.7 Å². The summed E-state index contributed by atoms with van der Waals surface area (Å²) < 4.78 is 4.49. The van der Waals surface area contributed by atoms with Crippen LogP contribution in [0.25, 0.3) is 0 Å². The molecular weight excluding hydrogens is 172 g/mol. The predicted molar refractivity (Wildman–Crippen MR) is 48.1 cm³/mol. The number of methoxy groups -OCH3 is 1. The van der Waals surface area contributed by atoms with E-state index in [9.17, 15) is 9.90 Å². The number of hydrogen-bond donors (Lipinski definition) is 2. The molecule has 0 saturated carbocycles. The van der Waals surface area contributed by atoms with Gasteiger partial charge in [0.05, 0.1) is 25.7 Å². The van der Waals surface area contributed by atoms with Gasteiger partial charge in [-0.25, -0.2) is 0 Å². The molecule has 2 unspecified atom stereocenters. The van der Waals surface area contributed by atoms with Crippen LogP contribution < -0.4 is 0 Å². The van der Waals surface area contributed by atoms with Crippen LogP contribution in [0, 0.1) is 11.3 Å². The molecule has 0 radical (unpaired) electrons. The smallest absolute Gasteiger partial charge is 0.311 e. The molecule has 0 saturated heterocycles. The topological polar surface area (TPSA) is 66.8 Å². The molecule has 0 aromatic carbocycles. The van der Waals surface area contributed by atoms with Crippen molar-refractivity contribution in [2.45, 2.75) is 26.9 Å². The van der Waals surface area contributed by atoms with Crippen LogP contribution in [0.2, 0.25) is 0 Å². The van der Waals surface area contributed by atoms with Gasteiger partial charge >= 0.3 is 5.97 Å². The number of aliphatic hydroxyl groups is 2. The normalized spacial score (nSPS) is 16.5. The third kappa shape index (κ3) is 2.97. The van der Waals surface area contributed by atoms with Crippen molar-refractivity contribution in [3.05, 3.63) is 0 Å². The number of ether oxygens (including phenoxy) is 1. The first-order valence-corrected chi connectivity index (χ1v) is 4.23. The summed E-state index contributed by atoms with van der Waals surface area (Å²) in [6, 6.07) is 0. The molecule has 2 atom stereocenters. The van der Waals surface area contributed by atoms with Crippen LogP contribution in [0.15, 0.2) is 0 Å². The van der Waals surface area contributed by atoms with E-state index in [2.05, 4.69) is 4.74 Å². The van der Waals surface area contributed by atoms with E-state index in [-0.39, 0.29) is 6.61 Å². The van der Waals surface area contributed by atoms with Gasteiger partial charge in [-0.2, -0.15) is 0 Å². The minimum atomic E-state index is -0.898. The maximum atomic E-state index is 11.1. The van der Waals surface area contributed by atoms with E-state index >= 15 is 0 Å². The van der Waals surface area contributed by atoms with Crippen LogP contribution in [0.1, 0.15) is 20.8 Å². The molecule has 78 valence electrons. The molecule has 4 heteroatoms. The second-order valence-electron chi connectivity index (χ2n) is 3.90. The van der Waals surface area contributed by atoms with Crippen LogP contribution in [0.5, 0.6) is 0 Å². The van der Waals surface area contributed by atoms with Gasteiger partial charge in [0.2, 0.25) is 0 Å². The van der Waals surface area contributed by atoms with Crippen LogP contribution >= 0.6 is 0 Å². The highest BCUT2D eigenvalue weighted by molar-refractivity contribution is 5.72. The van der Waals surface area contributed by atoms with Crippen molar-refractivity contribution in [1.82, 2.24) is 0 Å². The molecule has 0 spiro atoms. The van der Waals surface area contributed by atoms with Gasteiger partial charge in [0, 0.05) is 5.41 Å². The minimum Gasteiger partial charge on any atom is -0.469 e. The molecule has 13 heavy (non-hydrogen) atoms. The largest absolute Gasteiger partial charge is 0.469 e. The third-order valence-corrected chi connectivity index (χ3v) is 2.25. The molecule has 2 N–H and O–H groups in total.